The Labute approximate surface area is 107 Å². The van der Waals surface area contributed by atoms with Crippen LogP contribution in [0.3, 0.4) is 0 Å². The van der Waals surface area contributed by atoms with Crippen LogP contribution in [-0.4, -0.2) is 34.5 Å². The molecule has 0 aromatic heterocycles. The number of amides is 1. The third-order valence-electron chi connectivity index (χ3n) is 5.12. The summed E-state index contributed by atoms with van der Waals surface area (Å²) >= 11 is 0. The summed E-state index contributed by atoms with van der Waals surface area (Å²) in [6.07, 6.45) is 6.56. The van der Waals surface area contributed by atoms with Crippen molar-refractivity contribution in [1.29, 1.82) is 0 Å². The molecule has 1 amide bonds. The van der Waals surface area contributed by atoms with Crippen LogP contribution >= 0.6 is 0 Å². The van der Waals surface area contributed by atoms with Gasteiger partial charge < -0.3 is 10.0 Å². The maximum Gasteiger partial charge on any atom is 0.306 e. The van der Waals surface area contributed by atoms with E-state index in [4.69, 9.17) is 5.11 Å². The van der Waals surface area contributed by atoms with Crippen LogP contribution < -0.4 is 0 Å². The van der Waals surface area contributed by atoms with Crippen molar-refractivity contribution in [3.05, 3.63) is 0 Å². The summed E-state index contributed by atoms with van der Waals surface area (Å²) in [7, 11) is 0. The van der Waals surface area contributed by atoms with Crippen LogP contribution in [0.15, 0.2) is 0 Å². The van der Waals surface area contributed by atoms with Crippen LogP contribution in [0.25, 0.3) is 0 Å². The summed E-state index contributed by atoms with van der Waals surface area (Å²) in [5, 5.41) is 8.97. The van der Waals surface area contributed by atoms with E-state index in [1.165, 1.54) is 19.3 Å². The average molecular weight is 251 g/mol. The number of hydrogen-bond acceptors (Lipinski definition) is 2. The number of carboxylic acids is 1. The molecular formula is C14H21NO3. The molecule has 2 bridgehead atoms. The SMILES string of the molecule is O=C(O)C1CCC(C(=O)N2CC3CCC2C3)CC1. The molecule has 0 aromatic carbocycles. The Bertz CT molecular complexity index is 360. The molecule has 3 fully saturated rings. The number of piperidine rings is 1. The highest BCUT2D eigenvalue weighted by molar-refractivity contribution is 5.80. The summed E-state index contributed by atoms with van der Waals surface area (Å²) in [6, 6.07) is 0.500. The Hall–Kier alpha value is -1.06. The standard InChI is InChI=1S/C14H21NO3/c16-13(15-8-9-1-6-12(15)7-9)10-2-4-11(5-3-10)14(17)18/h9-12H,1-8H2,(H,17,18). The summed E-state index contributed by atoms with van der Waals surface area (Å²) in [4.78, 5) is 25.4. The molecule has 1 saturated heterocycles. The molecule has 3 aliphatic rings. The third kappa shape index (κ3) is 2.02. The highest BCUT2D eigenvalue weighted by atomic mass is 16.4. The molecule has 1 N–H and O–H groups in total. The number of nitrogens with zero attached hydrogens (tertiary/aromatic N) is 1. The molecule has 1 aliphatic heterocycles. The topological polar surface area (TPSA) is 57.6 Å². The van der Waals surface area contributed by atoms with Gasteiger partial charge in [-0.3, -0.25) is 9.59 Å². The van der Waals surface area contributed by atoms with E-state index in [2.05, 4.69) is 4.90 Å². The Morgan fingerprint density at radius 2 is 1.61 bits per heavy atom. The molecule has 4 nitrogen and oxygen atoms in total. The van der Waals surface area contributed by atoms with E-state index in [1.807, 2.05) is 0 Å². The lowest BCUT2D eigenvalue weighted by Gasteiger charge is -2.33. The first-order valence-electron chi connectivity index (χ1n) is 7.18. The van der Waals surface area contributed by atoms with Crippen molar-refractivity contribution >= 4 is 11.9 Å². The smallest absolute Gasteiger partial charge is 0.306 e. The second kappa shape index (κ2) is 4.56. The van der Waals surface area contributed by atoms with E-state index in [1.54, 1.807) is 0 Å². The molecule has 2 aliphatic carbocycles. The van der Waals surface area contributed by atoms with Gasteiger partial charge in [0.05, 0.1) is 5.92 Å². The van der Waals surface area contributed by atoms with Crippen molar-refractivity contribution in [1.82, 2.24) is 4.90 Å². The van der Waals surface area contributed by atoms with Crippen LogP contribution in [0.2, 0.25) is 0 Å². The minimum atomic E-state index is -0.693. The monoisotopic (exact) mass is 251 g/mol. The van der Waals surface area contributed by atoms with E-state index in [9.17, 15) is 9.59 Å². The van der Waals surface area contributed by atoms with Crippen LogP contribution in [0.4, 0.5) is 0 Å². The van der Waals surface area contributed by atoms with Gasteiger partial charge in [-0.1, -0.05) is 0 Å². The van der Waals surface area contributed by atoms with Crippen molar-refractivity contribution < 1.29 is 14.7 Å². The molecule has 3 rings (SSSR count). The highest BCUT2D eigenvalue weighted by Crippen LogP contribution is 2.40. The zero-order valence-corrected chi connectivity index (χ0v) is 10.7. The molecular weight excluding hydrogens is 230 g/mol. The molecule has 2 saturated carbocycles. The zero-order chi connectivity index (χ0) is 12.7. The van der Waals surface area contributed by atoms with Gasteiger partial charge in [-0.05, 0) is 50.9 Å². The largest absolute Gasteiger partial charge is 0.481 e. The summed E-state index contributed by atoms with van der Waals surface area (Å²) in [5.74, 6) is 0.241. The first-order chi connectivity index (χ1) is 8.65. The molecule has 2 atom stereocenters. The van der Waals surface area contributed by atoms with Gasteiger partial charge in [-0.15, -0.1) is 0 Å². The predicted octanol–water partition coefficient (Wildman–Crippen LogP) is 1.89. The van der Waals surface area contributed by atoms with E-state index in [-0.39, 0.29) is 11.8 Å². The van der Waals surface area contributed by atoms with Crippen LogP contribution in [0, 0.1) is 17.8 Å². The van der Waals surface area contributed by atoms with Crippen molar-refractivity contribution in [3.63, 3.8) is 0 Å². The quantitative estimate of drug-likeness (QED) is 0.815. The minimum Gasteiger partial charge on any atom is -0.481 e. The molecule has 0 spiro atoms. The highest BCUT2D eigenvalue weighted by Gasteiger charge is 2.42. The van der Waals surface area contributed by atoms with E-state index in [0.717, 1.165) is 25.3 Å². The number of carbonyl (C=O) groups is 2. The fourth-order valence-electron chi connectivity index (χ4n) is 4.02. The maximum atomic E-state index is 12.4. The van der Waals surface area contributed by atoms with E-state index >= 15 is 0 Å². The molecule has 2 unspecified atom stereocenters. The van der Waals surface area contributed by atoms with Gasteiger partial charge in [-0.25, -0.2) is 0 Å². The second-order valence-corrected chi connectivity index (χ2v) is 6.21. The minimum absolute atomic E-state index is 0.0972. The Kier molecular flexibility index (Phi) is 3.04. The molecule has 18 heavy (non-hydrogen) atoms. The fourth-order valence-corrected chi connectivity index (χ4v) is 4.02. The van der Waals surface area contributed by atoms with E-state index in [0.29, 0.717) is 24.8 Å². The third-order valence-corrected chi connectivity index (χ3v) is 5.12. The molecule has 1 heterocycles. The number of likely N-dealkylation sites (tertiary alicyclic amines) is 1. The first kappa shape index (κ1) is 12.0. The number of carbonyl (C=O) groups excluding carboxylic acids is 1. The number of fused-ring (bicyclic) bond motifs is 2. The van der Waals surface area contributed by atoms with Crippen molar-refractivity contribution in [2.24, 2.45) is 17.8 Å². The van der Waals surface area contributed by atoms with E-state index < -0.39 is 5.97 Å². The van der Waals surface area contributed by atoms with Crippen molar-refractivity contribution in [2.45, 2.75) is 51.0 Å². The fraction of sp³-hybridized carbons (Fsp3) is 0.857. The van der Waals surface area contributed by atoms with Gasteiger partial charge in [0, 0.05) is 18.5 Å². The second-order valence-electron chi connectivity index (χ2n) is 6.21. The lowest BCUT2D eigenvalue weighted by atomic mass is 9.81. The lowest BCUT2D eigenvalue weighted by molar-refractivity contribution is -0.146. The van der Waals surface area contributed by atoms with Gasteiger partial charge in [-0.2, -0.15) is 0 Å². The lowest BCUT2D eigenvalue weighted by Crippen LogP contribution is -2.42. The predicted molar refractivity (Wildman–Crippen MR) is 65.9 cm³/mol. The van der Waals surface area contributed by atoms with Gasteiger partial charge in [0.2, 0.25) is 5.91 Å². The summed E-state index contributed by atoms with van der Waals surface area (Å²) in [5.41, 5.74) is 0. The average Bonchev–Trinajstić information content (AvgIpc) is 3.00. The Balaban J connectivity index is 1.56. The molecule has 0 radical (unpaired) electrons. The van der Waals surface area contributed by atoms with Gasteiger partial charge in [0.25, 0.3) is 0 Å². The number of hydrogen-bond donors (Lipinski definition) is 1. The number of carboxylic acid groups (broad SMARTS) is 1. The number of aliphatic carboxylic acids is 1. The Morgan fingerprint density at radius 1 is 0.944 bits per heavy atom. The number of rotatable bonds is 2. The summed E-state index contributed by atoms with van der Waals surface area (Å²) < 4.78 is 0. The zero-order valence-electron chi connectivity index (χ0n) is 10.7. The normalized spacial score (nSPS) is 39.0. The van der Waals surface area contributed by atoms with Gasteiger partial charge >= 0.3 is 5.97 Å². The summed E-state index contributed by atoms with van der Waals surface area (Å²) in [6.45, 7) is 0.961. The first-order valence-corrected chi connectivity index (χ1v) is 7.18. The van der Waals surface area contributed by atoms with Crippen LogP contribution in [0.5, 0.6) is 0 Å². The molecule has 0 aromatic rings. The van der Waals surface area contributed by atoms with Gasteiger partial charge in [0.1, 0.15) is 0 Å². The van der Waals surface area contributed by atoms with Crippen LogP contribution in [-0.2, 0) is 9.59 Å². The molecule has 4 heteroatoms. The Morgan fingerprint density at radius 3 is 2.11 bits per heavy atom. The van der Waals surface area contributed by atoms with Crippen molar-refractivity contribution in [3.8, 4) is 0 Å². The maximum absolute atomic E-state index is 12.4. The van der Waals surface area contributed by atoms with Gasteiger partial charge in [0.15, 0.2) is 0 Å². The molecule has 100 valence electrons. The van der Waals surface area contributed by atoms with Crippen LogP contribution in [0.1, 0.15) is 44.9 Å². The van der Waals surface area contributed by atoms with Crippen molar-refractivity contribution in [2.75, 3.05) is 6.54 Å².